The molecule has 0 aromatic heterocycles. The molecule has 3 amide bonds. The van der Waals surface area contributed by atoms with Gasteiger partial charge in [-0.05, 0) is 31.0 Å². The van der Waals surface area contributed by atoms with Crippen molar-refractivity contribution < 1.29 is 19.2 Å². The molecule has 6 nitrogen and oxygen atoms in total. The van der Waals surface area contributed by atoms with Crippen LogP contribution in [0.25, 0.3) is 0 Å². The van der Waals surface area contributed by atoms with Crippen molar-refractivity contribution in [3.63, 3.8) is 0 Å². The van der Waals surface area contributed by atoms with E-state index in [1.165, 1.54) is 4.90 Å². The van der Waals surface area contributed by atoms with Gasteiger partial charge in [-0.3, -0.25) is 24.1 Å². The molecule has 0 fully saturated rings. The van der Waals surface area contributed by atoms with E-state index in [2.05, 4.69) is 5.48 Å². The van der Waals surface area contributed by atoms with Crippen molar-refractivity contribution in [2.24, 2.45) is 0 Å². The van der Waals surface area contributed by atoms with Gasteiger partial charge in [-0.2, -0.15) is 0 Å². The second-order valence-corrected chi connectivity index (χ2v) is 6.21. The average molecular weight is 352 g/mol. The van der Waals surface area contributed by atoms with Crippen LogP contribution in [-0.2, 0) is 16.2 Å². The molecule has 0 radical (unpaired) electrons. The third-order valence-electron chi connectivity index (χ3n) is 4.18. The fourth-order valence-corrected chi connectivity index (χ4v) is 2.83. The van der Waals surface area contributed by atoms with Gasteiger partial charge in [-0.15, -0.1) is 0 Å². The van der Waals surface area contributed by atoms with E-state index in [9.17, 15) is 14.4 Å². The smallest absolute Gasteiger partial charge is 0.261 e. The van der Waals surface area contributed by atoms with Crippen molar-refractivity contribution in [1.82, 2.24) is 10.4 Å². The zero-order valence-electron chi connectivity index (χ0n) is 14.5. The average Bonchev–Trinajstić information content (AvgIpc) is 2.87. The number of hydrogen-bond acceptors (Lipinski definition) is 4. The molecule has 1 aliphatic heterocycles. The Morgan fingerprint density at radius 3 is 2.54 bits per heavy atom. The highest BCUT2D eigenvalue weighted by Crippen LogP contribution is 2.24. The van der Waals surface area contributed by atoms with Crippen molar-refractivity contribution in [2.75, 3.05) is 6.54 Å². The van der Waals surface area contributed by atoms with Crippen LogP contribution in [0.3, 0.4) is 0 Å². The van der Waals surface area contributed by atoms with Gasteiger partial charge in [0.2, 0.25) is 5.91 Å². The number of nitrogens with one attached hydrogen (secondary N) is 1. The van der Waals surface area contributed by atoms with Crippen LogP contribution < -0.4 is 5.48 Å². The Bertz CT molecular complexity index is 833. The molecule has 1 aliphatic rings. The van der Waals surface area contributed by atoms with E-state index in [1.807, 2.05) is 43.3 Å². The SMILES string of the molecule is Cc1ccc2c(c1)C(=O)N(CCCC(=O)NOCc1ccccc1)C2=O. The van der Waals surface area contributed by atoms with Gasteiger partial charge < -0.3 is 0 Å². The van der Waals surface area contributed by atoms with Crippen LogP contribution in [-0.4, -0.2) is 29.2 Å². The summed E-state index contributed by atoms with van der Waals surface area (Å²) in [4.78, 5) is 42.8. The van der Waals surface area contributed by atoms with Crippen molar-refractivity contribution in [3.05, 3.63) is 70.8 Å². The Morgan fingerprint density at radius 1 is 1.04 bits per heavy atom. The van der Waals surface area contributed by atoms with Gasteiger partial charge in [0.15, 0.2) is 0 Å². The monoisotopic (exact) mass is 352 g/mol. The first-order valence-electron chi connectivity index (χ1n) is 8.47. The number of amides is 3. The molecule has 0 bridgehead atoms. The molecular weight excluding hydrogens is 332 g/mol. The van der Waals surface area contributed by atoms with E-state index in [0.29, 0.717) is 17.5 Å². The van der Waals surface area contributed by atoms with Crippen molar-refractivity contribution >= 4 is 17.7 Å². The minimum Gasteiger partial charge on any atom is -0.274 e. The summed E-state index contributed by atoms with van der Waals surface area (Å²) >= 11 is 0. The molecule has 3 rings (SSSR count). The number of fused-ring (bicyclic) bond motifs is 1. The fraction of sp³-hybridized carbons (Fsp3) is 0.250. The zero-order chi connectivity index (χ0) is 18.5. The molecule has 6 heteroatoms. The molecule has 134 valence electrons. The summed E-state index contributed by atoms with van der Waals surface area (Å²) in [5.74, 6) is -0.881. The second kappa shape index (κ2) is 7.93. The van der Waals surface area contributed by atoms with Crippen LogP contribution in [0.4, 0.5) is 0 Å². The standard InChI is InChI=1S/C20H20N2O4/c1-14-9-10-16-17(12-14)20(25)22(19(16)24)11-5-8-18(23)21-26-13-15-6-3-2-4-7-15/h2-4,6-7,9-10,12H,5,8,11,13H2,1H3,(H,21,23). The van der Waals surface area contributed by atoms with E-state index < -0.39 is 0 Å². The van der Waals surface area contributed by atoms with Gasteiger partial charge in [0.25, 0.3) is 11.8 Å². The number of nitrogens with zero attached hydrogens (tertiary/aromatic N) is 1. The maximum atomic E-state index is 12.3. The quantitative estimate of drug-likeness (QED) is 0.614. The maximum absolute atomic E-state index is 12.3. The Labute approximate surface area is 151 Å². The Balaban J connectivity index is 1.43. The molecule has 0 aliphatic carbocycles. The lowest BCUT2D eigenvalue weighted by Crippen LogP contribution is -2.32. The molecule has 0 saturated heterocycles. The largest absolute Gasteiger partial charge is 0.274 e. The molecule has 1 heterocycles. The molecule has 26 heavy (non-hydrogen) atoms. The van der Waals surface area contributed by atoms with Crippen LogP contribution >= 0.6 is 0 Å². The predicted octanol–water partition coefficient (Wildman–Crippen LogP) is 2.62. The van der Waals surface area contributed by atoms with Crippen molar-refractivity contribution in [2.45, 2.75) is 26.4 Å². The van der Waals surface area contributed by atoms with Crippen LogP contribution in [0.15, 0.2) is 48.5 Å². The first kappa shape index (κ1) is 17.8. The highest BCUT2D eigenvalue weighted by atomic mass is 16.6. The van der Waals surface area contributed by atoms with E-state index in [0.717, 1.165) is 11.1 Å². The first-order chi connectivity index (χ1) is 12.6. The normalized spacial score (nSPS) is 13.0. The maximum Gasteiger partial charge on any atom is 0.261 e. The Hall–Kier alpha value is -2.99. The third-order valence-corrected chi connectivity index (χ3v) is 4.18. The lowest BCUT2D eigenvalue weighted by Gasteiger charge is -2.13. The van der Waals surface area contributed by atoms with Crippen LogP contribution in [0.5, 0.6) is 0 Å². The fourth-order valence-electron chi connectivity index (χ4n) is 2.83. The van der Waals surface area contributed by atoms with E-state index >= 15 is 0 Å². The number of hydroxylamine groups is 1. The first-order valence-corrected chi connectivity index (χ1v) is 8.47. The second-order valence-electron chi connectivity index (χ2n) is 6.21. The van der Waals surface area contributed by atoms with Crippen LogP contribution in [0.2, 0.25) is 0 Å². The van der Waals surface area contributed by atoms with E-state index in [4.69, 9.17) is 4.84 Å². The van der Waals surface area contributed by atoms with Gasteiger partial charge in [0.05, 0.1) is 17.7 Å². The third kappa shape index (κ3) is 3.97. The van der Waals surface area contributed by atoms with Crippen LogP contribution in [0, 0.1) is 6.92 Å². The van der Waals surface area contributed by atoms with Gasteiger partial charge in [-0.1, -0.05) is 42.0 Å². The van der Waals surface area contributed by atoms with Gasteiger partial charge in [-0.25, -0.2) is 5.48 Å². The number of carbonyl (C=O) groups excluding carboxylic acids is 3. The highest BCUT2D eigenvalue weighted by Gasteiger charge is 2.34. The molecule has 1 N–H and O–H groups in total. The summed E-state index contributed by atoms with van der Waals surface area (Å²) in [6.07, 6.45) is 0.548. The molecular formula is C20H20N2O4. The van der Waals surface area contributed by atoms with Crippen molar-refractivity contribution in [1.29, 1.82) is 0 Å². The number of rotatable bonds is 7. The Morgan fingerprint density at radius 2 is 1.77 bits per heavy atom. The predicted molar refractivity (Wildman–Crippen MR) is 95.2 cm³/mol. The van der Waals surface area contributed by atoms with E-state index in [1.54, 1.807) is 12.1 Å². The zero-order valence-corrected chi connectivity index (χ0v) is 14.5. The lowest BCUT2D eigenvalue weighted by molar-refractivity contribution is -0.134. The highest BCUT2D eigenvalue weighted by molar-refractivity contribution is 6.21. The molecule has 0 atom stereocenters. The molecule has 0 unspecified atom stereocenters. The summed E-state index contributed by atoms with van der Waals surface area (Å²) in [5, 5.41) is 0. The van der Waals surface area contributed by atoms with Gasteiger partial charge in [0, 0.05) is 13.0 Å². The minimum atomic E-state index is -0.300. The van der Waals surface area contributed by atoms with Crippen LogP contribution in [0.1, 0.15) is 44.7 Å². The summed E-state index contributed by atoms with van der Waals surface area (Å²) in [5.41, 5.74) is 5.12. The molecule has 0 spiro atoms. The Kier molecular flexibility index (Phi) is 5.43. The van der Waals surface area contributed by atoms with Crippen molar-refractivity contribution in [3.8, 4) is 0 Å². The molecule has 2 aromatic carbocycles. The van der Waals surface area contributed by atoms with Gasteiger partial charge in [0.1, 0.15) is 0 Å². The minimum absolute atomic E-state index is 0.168. The number of imide groups is 1. The number of carbonyl (C=O) groups is 3. The molecule has 0 saturated carbocycles. The summed E-state index contributed by atoms with van der Waals surface area (Å²) < 4.78 is 0. The topological polar surface area (TPSA) is 75.7 Å². The summed E-state index contributed by atoms with van der Waals surface area (Å²) in [7, 11) is 0. The summed E-state index contributed by atoms with van der Waals surface area (Å²) in [6.45, 7) is 2.36. The van der Waals surface area contributed by atoms with Gasteiger partial charge >= 0.3 is 0 Å². The number of hydrogen-bond donors (Lipinski definition) is 1. The summed E-state index contributed by atoms with van der Waals surface area (Å²) in [6, 6.07) is 14.7. The number of benzene rings is 2. The molecule has 2 aromatic rings. The van der Waals surface area contributed by atoms with E-state index in [-0.39, 0.29) is 37.3 Å². The number of aryl methyl sites for hydroxylation is 1. The lowest BCUT2D eigenvalue weighted by atomic mass is 10.1.